The van der Waals surface area contributed by atoms with Gasteiger partial charge in [-0.1, -0.05) is 6.92 Å². The number of thiophene rings is 1. The summed E-state index contributed by atoms with van der Waals surface area (Å²) in [7, 11) is 0. The molecule has 0 atom stereocenters. The fraction of sp³-hybridized carbons (Fsp3) is 0.385. The highest BCUT2D eigenvalue weighted by Gasteiger charge is 2.04. The van der Waals surface area contributed by atoms with Crippen LogP contribution in [0.3, 0.4) is 0 Å². The van der Waals surface area contributed by atoms with Gasteiger partial charge in [-0.3, -0.25) is 0 Å². The molecular formula is C13H17N3S. The second kappa shape index (κ2) is 5.27. The van der Waals surface area contributed by atoms with E-state index >= 15 is 0 Å². The van der Waals surface area contributed by atoms with Crippen molar-refractivity contribution in [3.8, 4) is 0 Å². The van der Waals surface area contributed by atoms with E-state index in [1.807, 2.05) is 19.9 Å². The zero-order valence-electron chi connectivity index (χ0n) is 10.4. The second-order valence-corrected chi connectivity index (χ2v) is 5.05. The van der Waals surface area contributed by atoms with Gasteiger partial charge in [0.1, 0.15) is 0 Å². The Kier molecular flexibility index (Phi) is 3.74. The van der Waals surface area contributed by atoms with Crippen molar-refractivity contribution in [2.24, 2.45) is 0 Å². The first-order valence-electron chi connectivity index (χ1n) is 5.80. The van der Waals surface area contributed by atoms with E-state index in [0.717, 1.165) is 30.3 Å². The molecule has 0 aliphatic rings. The standard InChI is InChI=1S/C13H17N3S/c1-4-11-5-6-17-12(11)8-14-13-15-9(2)7-10(3)16-13/h5-7H,4,8H2,1-3H3,(H,14,15,16). The van der Waals surface area contributed by atoms with Crippen molar-refractivity contribution in [3.05, 3.63) is 39.3 Å². The number of hydrogen-bond acceptors (Lipinski definition) is 4. The Morgan fingerprint density at radius 1 is 1.24 bits per heavy atom. The average Bonchev–Trinajstić information content (AvgIpc) is 2.72. The first kappa shape index (κ1) is 12.0. The van der Waals surface area contributed by atoms with E-state index < -0.39 is 0 Å². The molecule has 4 heteroatoms. The molecule has 3 nitrogen and oxygen atoms in total. The third-order valence-corrected chi connectivity index (χ3v) is 3.57. The Balaban J connectivity index is 2.07. The Hall–Kier alpha value is -1.42. The molecule has 0 bridgehead atoms. The number of nitrogens with zero attached hydrogens (tertiary/aromatic N) is 2. The van der Waals surface area contributed by atoms with Crippen LogP contribution in [0.5, 0.6) is 0 Å². The fourth-order valence-corrected chi connectivity index (χ4v) is 2.72. The average molecular weight is 247 g/mol. The van der Waals surface area contributed by atoms with Crippen LogP contribution in [0.4, 0.5) is 5.95 Å². The summed E-state index contributed by atoms with van der Waals surface area (Å²) < 4.78 is 0. The summed E-state index contributed by atoms with van der Waals surface area (Å²) >= 11 is 1.78. The molecule has 0 aliphatic carbocycles. The maximum absolute atomic E-state index is 4.37. The number of nitrogens with one attached hydrogen (secondary N) is 1. The summed E-state index contributed by atoms with van der Waals surface area (Å²) in [5.41, 5.74) is 3.41. The summed E-state index contributed by atoms with van der Waals surface area (Å²) in [6.45, 7) is 6.97. The lowest BCUT2D eigenvalue weighted by molar-refractivity contribution is 0.999. The summed E-state index contributed by atoms with van der Waals surface area (Å²) in [6.07, 6.45) is 1.08. The number of hydrogen-bond donors (Lipinski definition) is 1. The first-order valence-corrected chi connectivity index (χ1v) is 6.68. The molecule has 0 unspecified atom stereocenters. The van der Waals surface area contributed by atoms with Crippen molar-refractivity contribution in [1.82, 2.24) is 9.97 Å². The lowest BCUT2D eigenvalue weighted by atomic mass is 10.2. The Labute approximate surface area is 106 Å². The predicted octanol–water partition coefficient (Wildman–Crippen LogP) is 3.33. The van der Waals surface area contributed by atoms with Crippen LogP contribution in [-0.4, -0.2) is 9.97 Å². The monoisotopic (exact) mass is 247 g/mol. The van der Waals surface area contributed by atoms with E-state index in [0.29, 0.717) is 0 Å². The molecule has 90 valence electrons. The number of aryl methyl sites for hydroxylation is 3. The normalized spacial score (nSPS) is 10.5. The second-order valence-electron chi connectivity index (χ2n) is 4.05. The quantitative estimate of drug-likeness (QED) is 0.900. The minimum absolute atomic E-state index is 0.720. The maximum atomic E-state index is 4.37. The van der Waals surface area contributed by atoms with Crippen LogP contribution in [0.15, 0.2) is 17.5 Å². The molecule has 0 radical (unpaired) electrons. The lowest BCUT2D eigenvalue weighted by Crippen LogP contribution is -2.05. The third kappa shape index (κ3) is 3.03. The Morgan fingerprint density at radius 3 is 2.59 bits per heavy atom. The van der Waals surface area contributed by atoms with E-state index in [1.165, 1.54) is 10.4 Å². The summed E-state index contributed by atoms with van der Waals surface area (Å²) in [5.74, 6) is 0.720. The number of anilines is 1. The highest BCUT2D eigenvalue weighted by Crippen LogP contribution is 2.18. The molecule has 0 aromatic carbocycles. The van der Waals surface area contributed by atoms with Crippen LogP contribution in [0.25, 0.3) is 0 Å². The lowest BCUT2D eigenvalue weighted by Gasteiger charge is -2.06. The molecule has 0 amide bonds. The molecule has 17 heavy (non-hydrogen) atoms. The van der Waals surface area contributed by atoms with Crippen LogP contribution in [0, 0.1) is 13.8 Å². The molecular weight excluding hydrogens is 230 g/mol. The Morgan fingerprint density at radius 2 is 1.94 bits per heavy atom. The summed E-state index contributed by atoms with van der Waals surface area (Å²) in [4.78, 5) is 10.1. The first-order chi connectivity index (χ1) is 8.19. The van der Waals surface area contributed by atoms with Crippen molar-refractivity contribution in [1.29, 1.82) is 0 Å². The van der Waals surface area contributed by atoms with Crippen molar-refractivity contribution >= 4 is 17.3 Å². The van der Waals surface area contributed by atoms with Gasteiger partial charge in [0.2, 0.25) is 5.95 Å². The minimum Gasteiger partial charge on any atom is -0.349 e. The van der Waals surface area contributed by atoms with Crippen molar-refractivity contribution in [2.75, 3.05) is 5.32 Å². The number of rotatable bonds is 4. The highest BCUT2D eigenvalue weighted by atomic mass is 32.1. The molecule has 0 fully saturated rings. The SMILES string of the molecule is CCc1ccsc1CNc1nc(C)cc(C)n1. The van der Waals surface area contributed by atoms with Crippen LogP contribution >= 0.6 is 11.3 Å². The highest BCUT2D eigenvalue weighted by molar-refractivity contribution is 7.10. The van der Waals surface area contributed by atoms with Gasteiger partial charge in [0.25, 0.3) is 0 Å². The van der Waals surface area contributed by atoms with E-state index in [9.17, 15) is 0 Å². The van der Waals surface area contributed by atoms with Gasteiger partial charge in [0.15, 0.2) is 0 Å². The molecule has 0 saturated carbocycles. The van der Waals surface area contributed by atoms with Crippen LogP contribution in [0.2, 0.25) is 0 Å². The van der Waals surface area contributed by atoms with Gasteiger partial charge >= 0.3 is 0 Å². The molecule has 0 saturated heterocycles. The summed E-state index contributed by atoms with van der Waals surface area (Å²) in [6, 6.07) is 4.16. The third-order valence-electron chi connectivity index (χ3n) is 2.61. The zero-order chi connectivity index (χ0) is 12.3. The van der Waals surface area contributed by atoms with Crippen molar-refractivity contribution in [3.63, 3.8) is 0 Å². The molecule has 2 heterocycles. The predicted molar refractivity (Wildman–Crippen MR) is 72.5 cm³/mol. The molecule has 2 rings (SSSR count). The topological polar surface area (TPSA) is 37.8 Å². The van der Waals surface area contributed by atoms with Gasteiger partial charge < -0.3 is 5.32 Å². The van der Waals surface area contributed by atoms with Gasteiger partial charge in [-0.2, -0.15) is 0 Å². The summed E-state index contributed by atoms with van der Waals surface area (Å²) in [5, 5.41) is 5.43. The maximum Gasteiger partial charge on any atom is 0.223 e. The van der Waals surface area contributed by atoms with Gasteiger partial charge in [-0.25, -0.2) is 9.97 Å². The van der Waals surface area contributed by atoms with Gasteiger partial charge in [0.05, 0.1) is 6.54 Å². The Bertz CT molecular complexity index is 485. The molecule has 2 aromatic rings. The van der Waals surface area contributed by atoms with Crippen LogP contribution < -0.4 is 5.32 Å². The van der Waals surface area contributed by atoms with E-state index in [1.54, 1.807) is 11.3 Å². The molecule has 0 spiro atoms. The van der Waals surface area contributed by atoms with Crippen LogP contribution in [0.1, 0.15) is 28.8 Å². The molecule has 2 aromatic heterocycles. The largest absolute Gasteiger partial charge is 0.349 e. The van der Waals surface area contributed by atoms with Gasteiger partial charge in [-0.15, -0.1) is 11.3 Å². The number of aromatic nitrogens is 2. The van der Waals surface area contributed by atoms with E-state index in [4.69, 9.17) is 0 Å². The molecule has 1 N–H and O–H groups in total. The van der Waals surface area contributed by atoms with Crippen molar-refractivity contribution < 1.29 is 0 Å². The fourth-order valence-electron chi connectivity index (χ4n) is 1.80. The van der Waals surface area contributed by atoms with Crippen molar-refractivity contribution in [2.45, 2.75) is 33.7 Å². The van der Waals surface area contributed by atoms with Crippen LogP contribution in [-0.2, 0) is 13.0 Å². The zero-order valence-corrected chi connectivity index (χ0v) is 11.3. The van der Waals surface area contributed by atoms with E-state index in [-0.39, 0.29) is 0 Å². The van der Waals surface area contributed by atoms with Gasteiger partial charge in [0, 0.05) is 16.3 Å². The minimum atomic E-state index is 0.720. The van der Waals surface area contributed by atoms with E-state index in [2.05, 4.69) is 33.7 Å². The van der Waals surface area contributed by atoms with Gasteiger partial charge in [-0.05, 0) is 43.3 Å². The molecule has 0 aliphatic heterocycles. The smallest absolute Gasteiger partial charge is 0.223 e.